The minimum absolute atomic E-state index is 0.158. The van der Waals surface area contributed by atoms with Crippen LogP contribution in [0.1, 0.15) is 25.3 Å². The summed E-state index contributed by atoms with van der Waals surface area (Å²) in [4.78, 5) is 12.7. The highest BCUT2D eigenvalue weighted by atomic mass is 32.2. The van der Waals surface area contributed by atoms with Crippen molar-refractivity contribution in [3.63, 3.8) is 0 Å². The van der Waals surface area contributed by atoms with Gasteiger partial charge < -0.3 is 5.32 Å². The molecule has 1 aliphatic rings. The van der Waals surface area contributed by atoms with E-state index in [4.69, 9.17) is 0 Å². The summed E-state index contributed by atoms with van der Waals surface area (Å²) in [6, 6.07) is 12.4. The van der Waals surface area contributed by atoms with E-state index in [0.29, 0.717) is 11.6 Å². The van der Waals surface area contributed by atoms with Crippen LogP contribution in [0.5, 0.6) is 0 Å². The van der Waals surface area contributed by atoms with Crippen molar-refractivity contribution in [3.8, 4) is 0 Å². The third kappa shape index (κ3) is 4.67. The number of carbonyl (C=O) groups excluding carboxylic acids is 1. The number of hydrazine groups is 1. The van der Waals surface area contributed by atoms with Crippen LogP contribution in [-0.2, 0) is 14.8 Å². The quantitative estimate of drug-likeness (QED) is 0.590. The Balaban J connectivity index is 1.70. The minimum atomic E-state index is -3.94. The fraction of sp³-hybridized carbons (Fsp3) is 0.316. The van der Waals surface area contributed by atoms with Gasteiger partial charge in [-0.05, 0) is 47.9 Å². The molecule has 0 saturated carbocycles. The molecule has 1 aliphatic heterocycles. The molecule has 2 aromatic carbocycles. The smallest absolute Gasteiger partial charge is 0.250 e. The highest BCUT2D eigenvalue weighted by molar-refractivity contribution is 7.93. The van der Waals surface area contributed by atoms with Gasteiger partial charge in [0.25, 0.3) is 10.0 Å². The van der Waals surface area contributed by atoms with Gasteiger partial charge >= 0.3 is 0 Å². The zero-order chi connectivity index (χ0) is 20.3. The fourth-order valence-electron chi connectivity index (χ4n) is 2.93. The summed E-state index contributed by atoms with van der Waals surface area (Å²) < 4.78 is 40.8. The molecule has 1 fully saturated rings. The number of rotatable bonds is 6. The molecule has 0 bridgehead atoms. The van der Waals surface area contributed by atoms with Gasteiger partial charge in [0.1, 0.15) is 5.82 Å². The van der Waals surface area contributed by atoms with Crippen molar-refractivity contribution in [2.45, 2.75) is 25.1 Å². The summed E-state index contributed by atoms with van der Waals surface area (Å²) >= 11 is 0. The summed E-state index contributed by atoms with van der Waals surface area (Å²) in [5.41, 5.74) is 7.32. The molecule has 1 heterocycles. The fourth-order valence-corrected chi connectivity index (χ4v) is 4.42. The number of anilines is 2. The Kier molecular flexibility index (Phi) is 5.97. The summed E-state index contributed by atoms with van der Waals surface area (Å²) in [5, 5.41) is 1.59. The highest BCUT2D eigenvalue weighted by Crippen LogP contribution is 2.21. The van der Waals surface area contributed by atoms with Crippen molar-refractivity contribution in [1.29, 1.82) is 0 Å². The van der Waals surface area contributed by atoms with E-state index in [1.807, 2.05) is 12.1 Å². The molecule has 150 valence electrons. The minimum Gasteiger partial charge on any atom is -0.326 e. The average molecular weight is 406 g/mol. The van der Waals surface area contributed by atoms with E-state index in [2.05, 4.69) is 34.7 Å². The number of nitrogens with one attached hydrogen (secondary N) is 4. The molecule has 7 nitrogen and oxygen atoms in total. The normalized spacial score (nSPS) is 19.6. The number of halogens is 1. The van der Waals surface area contributed by atoms with E-state index in [9.17, 15) is 17.6 Å². The van der Waals surface area contributed by atoms with E-state index in [1.54, 1.807) is 12.1 Å². The van der Waals surface area contributed by atoms with Crippen molar-refractivity contribution < 1.29 is 17.6 Å². The van der Waals surface area contributed by atoms with Crippen LogP contribution < -0.4 is 20.9 Å². The largest absolute Gasteiger partial charge is 0.326 e. The van der Waals surface area contributed by atoms with Crippen molar-refractivity contribution in [3.05, 3.63) is 59.9 Å². The molecule has 2 unspecified atom stereocenters. The molecule has 2 atom stereocenters. The summed E-state index contributed by atoms with van der Waals surface area (Å²) in [5.74, 6) is -1.35. The Hall–Kier alpha value is -2.49. The number of sulfonamides is 1. The van der Waals surface area contributed by atoms with Crippen LogP contribution in [0.15, 0.2) is 48.5 Å². The molecule has 1 amide bonds. The number of carbonyl (C=O) groups is 1. The van der Waals surface area contributed by atoms with Gasteiger partial charge in [0.05, 0.1) is 5.92 Å². The molecule has 9 heteroatoms. The Morgan fingerprint density at radius 1 is 1.07 bits per heavy atom. The van der Waals surface area contributed by atoms with E-state index >= 15 is 0 Å². The van der Waals surface area contributed by atoms with Gasteiger partial charge in [-0.15, -0.1) is 0 Å². The molecule has 1 saturated heterocycles. The molecule has 0 spiro atoms. The van der Waals surface area contributed by atoms with Gasteiger partial charge in [-0.1, -0.05) is 26.0 Å². The van der Waals surface area contributed by atoms with Gasteiger partial charge in [-0.25, -0.2) is 18.2 Å². The summed E-state index contributed by atoms with van der Waals surface area (Å²) in [7, 11) is -3.94. The zero-order valence-electron chi connectivity index (χ0n) is 15.6. The van der Waals surface area contributed by atoms with Crippen LogP contribution in [0.25, 0.3) is 0 Å². The summed E-state index contributed by atoms with van der Waals surface area (Å²) in [6.45, 7) is 4.31. The molecule has 3 rings (SSSR count). The number of hydrogen-bond acceptors (Lipinski definition) is 5. The second-order valence-electron chi connectivity index (χ2n) is 6.97. The third-order valence-corrected chi connectivity index (χ3v) is 6.19. The number of hydrogen-bond donors (Lipinski definition) is 4. The predicted octanol–water partition coefficient (Wildman–Crippen LogP) is 2.38. The Morgan fingerprint density at radius 3 is 2.29 bits per heavy atom. The SMILES string of the molecule is CC(C)c1ccc(NC(=O)C2CNNC2S(=O)(=O)Nc2ccc(F)cc2)cc1. The van der Waals surface area contributed by atoms with E-state index in [0.717, 1.165) is 17.7 Å². The zero-order valence-corrected chi connectivity index (χ0v) is 16.4. The van der Waals surface area contributed by atoms with Crippen LogP contribution in [-0.4, -0.2) is 26.2 Å². The lowest BCUT2D eigenvalue weighted by Gasteiger charge is -2.19. The van der Waals surface area contributed by atoms with Gasteiger partial charge in [0.2, 0.25) is 5.91 Å². The van der Waals surface area contributed by atoms with Crippen molar-refractivity contribution in [2.24, 2.45) is 5.92 Å². The lowest BCUT2D eigenvalue weighted by Crippen LogP contribution is -2.45. The lowest BCUT2D eigenvalue weighted by molar-refractivity contribution is -0.119. The molecule has 0 aliphatic carbocycles. The van der Waals surface area contributed by atoms with E-state index < -0.39 is 33.0 Å². The first kappa shape index (κ1) is 20.2. The Labute approximate surface area is 163 Å². The predicted molar refractivity (Wildman–Crippen MR) is 107 cm³/mol. The lowest BCUT2D eigenvalue weighted by atomic mass is 10.0. The summed E-state index contributed by atoms with van der Waals surface area (Å²) in [6.07, 6.45) is 0. The molecule has 2 aromatic rings. The van der Waals surface area contributed by atoms with Crippen LogP contribution in [0, 0.1) is 11.7 Å². The van der Waals surface area contributed by atoms with Crippen LogP contribution >= 0.6 is 0 Å². The standard InChI is InChI=1S/C19H23FN4O3S/c1-12(2)13-3-7-15(8-4-13)22-18(25)17-11-21-23-19(17)28(26,27)24-16-9-5-14(20)6-10-16/h3-10,12,17,19,21,23-24H,11H2,1-2H3,(H,22,25). The molecular weight excluding hydrogens is 383 g/mol. The monoisotopic (exact) mass is 406 g/mol. The van der Waals surface area contributed by atoms with Gasteiger partial charge in [-0.2, -0.15) is 0 Å². The maximum absolute atomic E-state index is 13.0. The highest BCUT2D eigenvalue weighted by Gasteiger charge is 2.41. The molecule has 4 N–H and O–H groups in total. The van der Waals surface area contributed by atoms with Crippen LogP contribution in [0.3, 0.4) is 0 Å². The van der Waals surface area contributed by atoms with E-state index in [-0.39, 0.29) is 12.2 Å². The van der Waals surface area contributed by atoms with Crippen LogP contribution in [0.2, 0.25) is 0 Å². The second-order valence-corrected chi connectivity index (χ2v) is 8.77. The topological polar surface area (TPSA) is 99.3 Å². The maximum atomic E-state index is 13.0. The second kappa shape index (κ2) is 8.26. The van der Waals surface area contributed by atoms with Gasteiger partial charge in [0, 0.05) is 17.9 Å². The first-order valence-electron chi connectivity index (χ1n) is 8.92. The van der Waals surface area contributed by atoms with Gasteiger partial charge in [0.15, 0.2) is 5.37 Å². The number of benzene rings is 2. The Morgan fingerprint density at radius 2 is 1.68 bits per heavy atom. The first-order chi connectivity index (χ1) is 13.3. The molecular formula is C19H23FN4O3S. The maximum Gasteiger partial charge on any atom is 0.250 e. The number of amides is 1. The molecule has 28 heavy (non-hydrogen) atoms. The van der Waals surface area contributed by atoms with Gasteiger partial charge in [-0.3, -0.25) is 14.9 Å². The Bertz CT molecular complexity index is 931. The first-order valence-corrected chi connectivity index (χ1v) is 10.5. The molecule has 0 radical (unpaired) electrons. The van der Waals surface area contributed by atoms with Crippen molar-refractivity contribution in [2.75, 3.05) is 16.6 Å². The van der Waals surface area contributed by atoms with E-state index in [1.165, 1.54) is 12.1 Å². The third-order valence-electron chi connectivity index (χ3n) is 4.55. The van der Waals surface area contributed by atoms with Crippen molar-refractivity contribution in [1.82, 2.24) is 10.9 Å². The van der Waals surface area contributed by atoms with Crippen molar-refractivity contribution >= 4 is 27.3 Å². The molecule has 0 aromatic heterocycles. The van der Waals surface area contributed by atoms with Crippen LogP contribution in [0.4, 0.5) is 15.8 Å². The average Bonchev–Trinajstić information content (AvgIpc) is 3.15.